The quantitative estimate of drug-likeness (QED) is 0.117. The SMILES string of the molecule is Cc1ncsc1-c1ccc([C@H](C)NC(=O)[C@@H]2C[C@@H](O)CN2C(=O)[C@@H](NC(=O)CCOCCOCCN=[N+]=[N-])C(C)(C)C)cc1. The highest BCUT2D eigenvalue weighted by molar-refractivity contribution is 7.13. The lowest BCUT2D eigenvalue weighted by Crippen LogP contribution is -2.58. The number of aromatic nitrogens is 1. The van der Waals surface area contributed by atoms with Crippen molar-refractivity contribution in [3.63, 3.8) is 0 Å². The maximum Gasteiger partial charge on any atom is 0.246 e. The van der Waals surface area contributed by atoms with Crippen molar-refractivity contribution in [3.05, 3.63) is 51.5 Å². The molecule has 1 aliphatic heterocycles. The van der Waals surface area contributed by atoms with Crippen LogP contribution in [0.25, 0.3) is 20.9 Å². The fraction of sp³-hybridized carbons (Fsp3) is 0.600. The molecule has 0 radical (unpaired) electrons. The van der Waals surface area contributed by atoms with Crippen molar-refractivity contribution < 1.29 is 29.0 Å². The Morgan fingerprint density at radius 1 is 1.16 bits per heavy atom. The van der Waals surface area contributed by atoms with E-state index in [0.29, 0.717) is 6.61 Å². The minimum atomic E-state index is -0.917. The Morgan fingerprint density at radius 3 is 2.45 bits per heavy atom. The molecule has 4 atom stereocenters. The number of aliphatic hydroxyl groups excluding tert-OH is 1. The predicted octanol–water partition coefficient (Wildman–Crippen LogP) is 3.52. The van der Waals surface area contributed by atoms with E-state index in [9.17, 15) is 19.5 Å². The zero-order chi connectivity index (χ0) is 32.3. The number of rotatable bonds is 15. The molecule has 1 aliphatic rings. The number of carbonyl (C=O) groups is 3. The lowest BCUT2D eigenvalue weighted by Gasteiger charge is -2.35. The highest BCUT2D eigenvalue weighted by Gasteiger charge is 2.44. The van der Waals surface area contributed by atoms with Gasteiger partial charge in [-0.1, -0.05) is 50.2 Å². The van der Waals surface area contributed by atoms with E-state index < -0.39 is 29.5 Å². The van der Waals surface area contributed by atoms with Crippen LogP contribution in [0.5, 0.6) is 0 Å². The zero-order valence-corrected chi connectivity index (χ0v) is 26.8. The van der Waals surface area contributed by atoms with Crippen LogP contribution >= 0.6 is 11.3 Å². The van der Waals surface area contributed by atoms with E-state index in [2.05, 4.69) is 25.6 Å². The molecule has 3 rings (SSSR count). The fourth-order valence-corrected chi connectivity index (χ4v) is 5.70. The number of hydrogen-bond acceptors (Lipinski definition) is 9. The molecule has 0 aliphatic carbocycles. The number of benzene rings is 1. The van der Waals surface area contributed by atoms with E-state index in [1.54, 1.807) is 11.3 Å². The molecule has 1 fully saturated rings. The van der Waals surface area contributed by atoms with Crippen LogP contribution in [0.1, 0.15) is 57.8 Å². The number of β-amino-alcohol motifs (C(OH)–C–C–N with tert-alkyl or cyclic N) is 1. The Labute approximate surface area is 262 Å². The second kappa shape index (κ2) is 16.5. The van der Waals surface area contributed by atoms with E-state index in [0.717, 1.165) is 21.7 Å². The average Bonchev–Trinajstić information content (AvgIpc) is 3.59. The molecule has 14 heteroatoms. The highest BCUT2D eigenvalue weighted by Crippen LogP contribution is 2.29. The second-order valence-electron chi connectivity index (χ2n) is 11.8. The van der Waals surface area contributed by atoms with Crippen molar-refractivity contribution in [2.45, 2.75) is 71.7 Å². The topological polar surface area (TPSA) is 179 Å². The number of aryl methyl sites for hydroxylation is 1. The Kier molecular flexibility index (Phi) is 13.1. The number of carbonyl (C=O) groups excluding carboxylic acids is 3. The van der Waals surface area contributed by atoms with Gasteiger partial charge < -0.3 is 30.1 Å². The first-order valence-electron chi connectivity index (χ1n) is 14.7. The molecule has 1 aromatic heterocycles. The summed E-state index contributed by atoms with van der Waals surface area (Å²) in [7, 11) is 0. The van der Waals surface area contributed by atoms with E-state index >= 15 is 0 Å². The fourth-order valence-electron chi connectivity index (χ4n) is 4.89. The van der Waals surface area contributed by atoms with Crippen molar-refractivity contribution >= 4 is 29.1 Å². The summed E-state index contributed by atoms with van der Waals surface area (Å²) in [5, 5.41) is 19.6. The number of amides is 3. The number of nitrogens with one attached hydrogen (secondary N) is 2. The molecule has 0 saturated carbocycles. The minimum absolute atomic E-state index is 0.000557. The summed E-state index contributed by atoms with van der Waals surface area (Å²) in [6, 6.07) is 5.79. The smallest absolute Gasteiger partial charge is 0.246 e. The first-order chi connectivity index (χ1) is 20.9. The molecule has 0 unspecified atom stereocenters. The van der Waals surface area contributed by atoms with Crippen molar-refractivity contribution in [1.82, 2.24) is 20.5 Å². The maximum atomic E-state index is 13.8. The van der Waals surface area contributed by atoms with Crippen LogP contribution in [-0.2, 0) is 23.9 Å². The summed E-state index contributed by atoms with van der Waals surface area (Å²) in [5.41, 5.74) is 12.3. The summed E-state index contributed by atoms with van der Waals surface area (Å²) in [6.07, 6.45) is -0.716. The van der Waals surface area contributed by atoms with E-state index in [1.807, 2.05) is 64.4 Å². The standard InChI is InChI=1S/C30H43N7O6S/c1-19(21-6-8-22(9-7-21)26-20(2)32-18-44-26)34-28(40)24-16-23(38)17-37(24)29(41)27(30(3,4)5)35-25(39)10-12-42-14-15-43-13-11-33-36-31/h6-9,18-19,23-24,27,38H,10-17H2,1-5H3,(H,34,40)(H,35,39)/t19-,23+,24-,27+/m0/s1. The monoisotopic (exact) mass is 629 g/mol. The van der Waals surface area contributed by atoms with Crippen molar-refractivity contribution in [1.29, 1.82) is 0 Å². The molecule has 0 spiro atoms. The second-order valence-corrected chi connectivity index (χ2v) is 12.7. The van der Waals surface area contributed by atoms with Gasteiger partial charge in [-0.25, -0.2) is 4.98 Å². The Hall–Kier alpha value is -3.55. The molecular weight excluding hydrogens is 586 g/mol. The van der Waals surface area contributed by atoms with E-state index in [-0.39, 0.29) is 63.6 Å². The first-order valence-corrected chi connectivity index (χ1v) is 15.5. The van der Waals surface area contributed by atoms with Gasteiger partial charge in [0.2, 0.25) is 17.7 Å². The van der Waals surface area contributed by atoms with Gasteiger partial charge in [-0.3, -0.25) is 14.4 Å². The van der Waals surface area contributed by atoms with Gasteiger partial charge in [-0.2, -0.15) is 0 Å². The van der Waals surface area contributed by atoms with Crippen LogP contribution in [-0.4, -0.2) is 90.4 Å². The number of ether oxygens (including phenoxy) is 2. The average molecular weight is 630 g/mol. The molecule has 1 saturated heterocycles. The van der Waals surface area contributed by atoms with Crippen molar-refractivity contribution in [3.8, 4) is 10.4 Å². The first kappa shape index (κ1) is 34.9. The van der Waals surface area contributed by atoms with Gasteiger partial charge >= 0.3 is 0 Å². The number of nitrogens with zero attached hydrogens (tertiary/aromatic N) is 5. The summed E-state index contributed by atoms with van der Waals surface area (Å²) in [6.45, 7) is 10.6. The van der Waals surface area contributed by atoms with Crippen LogP contribution in [0, 0.1) is 12.3 Å². The molecular formula is C30H43N7O6S. The van der Waals surface area contributed by atoms with Gasteiger partial charge in [0.25, 0.3) is 0 Å². The van der Waals surface area contributed by atoms with Gasteiger partial charge in [0, 0.05) is 30.8 Å². The third-order valence-corrected chi connectivity index (χ3v) is 8.28. The number of hydrogen-bond donors (Lipinski definition) is 3. The largest absolute Gasteiger partial charge is 0.391 e. The molecule has 2 aromatic rings. The van der Waals surface area contributed by atoms with Crippen LogP contribution in [0.4, 0.5) is 0 Å². The molecule has 3 N–H and O–H groups in total. The normalized spacial score (nSPS) is 17.9. The third-order valence-electron chi connectivity index (χ3n) is 7.30. The molecule has 44 heavy (non-hydrogen) atoms. The summed E-state index contributed by atoms with van der Waals surface area (Å²) >= 11 is 1.57. The number of aliphatic hydroxyl groups is 1. The van der Waals surface area contributed by atoms with Gasteiger partial charge in [-0.05, 0) is 35.9 Å². The number of azide groups is 1. The summed E-state index contributed by atoms with van der Waals surface area (Å²) in [5.74, 6) is -1.15. The highest BCUT2D eigenvalue weighted by atomic mass is 32.1. The summed E-state index contributed by atoms with van der Waals surface area (Å²) in [4.78, 5) is 49.4. The third kappa shape index (κ3) is 10.00. The lowest BCUT2D eigenvalue weighted by atomic mass is 9.85. The van der Waals surface area contributed by atoms with Crippen molar-refractivity contribution in [2.75, 3.05) is 39.5 Å². The lowest BCUT2D eigenvalue weighted by molar-refractivity contribution is -0.144. The molecule has 0 bridgehead atoms. The van der Waals surface area contributed by atoms with Gasteiger partial charge in [0.1, 0.15) is 12.1 Å². The van der Waals surface area contributed by atoms with Crippen LogP contribution in [0.3, 0.4) is 0 Å². The van der Waals surface area contributed by atoms with E-state index in [4.69, 9.17) is 15.0 Å². The maximum absolute atomic E-state index is 13.8. The van der Waals surface area contributed by atoms with Crippen LogP contribution in [0.2, 0.25) is 0 Å². The Balaban J connectivity index is 1.56. The van der Waals surface area contributed by atoms with Gasteiger partial charge in [-0.15, -0.1) is 11.3 Å². The zero-order valence-electron chi connectivity index (χ0n) is 26.0. The molecule has 240 valence electrons. The molecule has 3 amide bonds. The molecule has 2 heterocycles. The number of likely N-dealkylation sites (tertiary alicyclic amines) is 1. The van der Waals surface area contributed by atoms with Crippen LogP contribution < -0.4 is 10.6 Å². The Bertz CT molecular complexity index is 1310. The van der Waals surface area contributed by atoms with E-state index in [1.165, 1.54) is 4.90 Å². The Morgan fingerprint density at radius 2 is 1.84 bits per heavy atom. The molecule has 13 nitrogen and oxygen atoms in total. The van der Waals surface area contributed by atoms with Gasteiger partial charge in [0.15, 0.2) is 0 Å². The van der Waals surface area contributed by atoms with Crippen LogP contribution in [0.15, 0.2) is 34.9 Å². The molecule has 1 aromatic carbocycles. The predicted molar refractivity (Wildman–Crippen MR) is 167 cm³/mol. The number of thiazole rings is 1. The van der Waals surface area contributed by atoms with Gasteiger partial charge in [0.05, 0.1) is 54.7 Å². The summed E-state index contributed by atoms with van der Waals surface area (Å²) < 4.78 is 10.7. The van der Waals surface area contributed by atoms with Crippen molar-refractivity contribution in [2.24, 2.45) is 10.5 Å². The minimum Gasteiger partial charge on any atom is -0.391 e.